The van der Waals surface area contributed by atoms with E-state index in [1.807, 2.05) is 6.07 Å². The molecule has 1 heterocycles. The van der Waals surface area contributed by atoms with Crippen LogP contribution in [0.25, 0.3) is 0 Å². The average Bonchev–Trinajstić information content (AvgIpc) is 3.02. The number of methoxy groups -OCH3 is 1. The first-order valence-electron chi connectivity index (χ1n) is 6.64. The summed E-state index contributed by atoms with van der Waals surface area (Å²) in [6.45, 7) is 0.184. The van der Waals surface area contributed by atoms with Gasteiger partial charge in [0.25, 0.3) is 5.91 Å². The van der Waals surface area contributed by atoms with Crippen LogP contribution < -0.4 is 19.6 Å². The maximum atomic E-state index is 11.9. The molecule has 6 nitrogen and oxygen atoms in total. The minimum Gasteiger partial charge on any atom is -0.496 e. The van der Waals surface area contributed by atoms with Gasteiger partial charge in [0.2, 0.25) is 6.79 Å². The van der Waals surface area contributed by atoms with Gasteiger partial charge in [-0.3, -0.25) is 4.79 Å². The fraction of sp³-hybridized carbons (Fsp3) is 0.125. The van der Waals surface area contributed by atoms with Crippen molar-refractivity contribution < 1.29 is 19.0 Å². The number of carbonyl (C=O) groups excluding carboxylic acids is 1. The third-order valence-corrected chi connectivity index (χ3v) is 3.13. The molecule has 22 heavy (non-hydrogen) atoms. The fourth-order valence-electron chi connectivity index (χ4n) is 2.03. The Balaban J connectivity index is 1.74. The summed E-state index contributed by atoms with van der Waals surface area (Å²) in [4.78, 5) is 11.9. The van der Waals surface area contributed by atoms with E-state index in [0.29, 0.717) is 28.4 Å². The Kier molecular flexibility index (Phi) is 3.91. The molecule has 2 aromatic rings. The van der Waals surface area contributed by atoms with Crippen LogP contribution in [-0.4, -0.2) is 26.0 Å². The molecule has 0 unspecified atom stereocenters. The van der Waals surface area contributed by atoms with Gasteiger partial charge in [-0.2, -0.15) is 5.10 Å². The Morgan fingerprint density at radius 1 is 1.23 bits per heavy atom. The monoisotopic (exact) mass is 298 g/mol. The second-order valence-corrected chi connectivity index (χ2v) is 4.51. The zero-order valence-electron chi connectivity index (χ0n) is 11.9. The van der Waals surface area contributed by atoms with Gasteiger partial charge in [-0.15, -0.1) is 0 Å². The summed E-state index contributed by atoms with van der Waals surface area (Å²) in [5, 5.41) is 3.95. The van der Waals surface area contributed by atoms with Crippen LogP contribution in [0.15, 0.2) is 47.6 Å². The Morgan fingerprint density at radius 3 is 2.68 bits per heavy atom. The predicted octanol–water partition coefficient (Wildman–Crippen LogP) is 2.19. The number of rotatable bonds is 4. The van der Waals surface area contributed by atoms with Crippen molar-refractivity contribution in [3.63, 3.8) is 0 Å². The van der Waals surface area contributed by atoms with Crippen LogP contribution in [0.5, 0.6) is 17.2 Å². The molecule has 0 bridgehead atoms. The molecule has 0 spiro atoms. The highest BCUT2D eigenvalue weighted by molar-refractivity contribution is 5.95. The standard InChI is InChI=1S/C16H14N2O4/c1-20-13-8-15-14(21-10-22-15)7-12(13)9-17-18-16(19)11-5-3-2-4-6-11/h2-9H,10H2,1H3,(H,18,19)/b17-9-. The number of amides is 1. The normalized spacial score (nSPS) is 12.4. The van der Waals surface area contributed by atoms with E-state index in [4.69, 9.17) is 14.2 Å². The number of benzene rings is 2. The van der Waals surface area contributed by atoms with Crippen LogP contribution in [0.1, 0.15) is 15.9 Å². The van der Waals surface area contributed by atoms with Crippen molar-refractivity contribution >= 4 is 12.1 Å². The highest BCUT2D eigenvalue weighted by Gasteiger charge is 2.17. The molecule has 0 fully saturated rings. The molecule has 0 aromatic heterocycles. The van der Waals surface area contributed by atoms with E-state index >= 15 is 0 Å². The molecular weight excluding hydrogens is 284 g/mol. The maximum Gasteiger partial charge on any atom is 0.271 e. The van der Waals surface area contributed by atoms with Gasteiger partial charge in [0.1, 0.15) is 5.75 Å². The number of hydrazone groups is 1. The molecule has 6 heteroatoms. The number of hydrogen-bond donors (Lipinski definition) is 1. The van der Waals surface area contributed by atoms with Gasteiger partial charge in [0.05, 0.1) is 13.3 Å². The van der Waals surface area contributed by atoms with Gasteiger partial charge in [0, 0.05) is 17.2 Å². The summed E-state index contributed by atoms with van der Waals surface area (Å²) in [6.07, 6.45) is 1.50. The summed E-state index contributed by atoms with van der Waals surface area (Å²) < 4.78 is 15.9. The molecule has 3 rings (SSSR count). The molecule has 0 saturated carbocycles. The van der Waals surface area contributed by atoms with Gasteiger partial charge in [-0.1, -0.05) is 18.2 Å². The summed E-state index contributed by atoms with van der Waals surface area (Å²) in [6, 6.07) is 12.3. The summed E-state index contributed by atoms with van der Waals surface area (Å²) >= 11 is 0. The Hall–Kier alpha value is -3.02. The summed E-state index contributed by atoms with van der Waals surface area (Å²) in [7, 11) is 1.55. The predicted molar refractivity (Wildman–Crippen MR) is 80.6 cm³/mol. The van der Waals surface area contributed by atoms with Crippen LogP contribution in [0.3, 0.4) is 0 Å². The lowest BCUT2D eigenvalue weighted by Gasteiger charge is -2.06. The van der Waals surface area contributed by atoms with Crippen LogP contribution in [-0.2, 0) is 0 Å². The van der Waals surface area contributed by atoms with Crippen molar-refractivity contribution in [2.24, 2.45) is 5.10 Å². The highest BCUT2D eigenvalue weighted by atomic mass is 16.7. The van der Waals surface area contributed by atoms with Crippen molar-refractivity contribution in [3.8, 4) is 17.2 Å². The molecule has 0 saturated heterocycles. The molecule has 0 aliphatic carbocycles. The molecule has 0 radical (unpaired) electrons. The molecule has 0 atom stereocenters. The quantitative estimate of drug-likeness (QED) is 0.694. The smallest absolute Gasteiger partial charge is 0.271 e. The SMILES string of the molecule is COc1cc2c(cc1/C=N\NC(=O)c1ccccc1)OCO2. The summed E-state index contributed by atoms with van der Waals surface area (Å²) in [5.74, 6) is 1.55. The van der Waals surface area contributed by atoms with Gasteiger partial charge in [-0.25, -0.2) is 5.43 Å². The molecule has 1 amide bonds. The second kappa shape index (κ2) is 6.17. The van der Waals surface area contributed by atoms with Gasteiger partial charge < -0.3 is 14.2 Å². The van der Waals surface area contributed by atoms with Crippen LogP contribution >= 0.6 is 0 Å². The third kappa shape index (κ3) is 2.85. The van der Waals surface area contributed by atoms with Crippen LogP contribution in [0.4, 0.5) is 0 Å². The van der Waals surface area contributed by atoms with Crippen molar-refractivity contribution in [1.82, 2.24) is 5.43 Å². The van der Waals surface area contributed by atoms with E-state index in [0.717, 1.165) is 0 Å². The molecule has 112 valence electrons. The lowest BCUT2D eigenvalue weighted by Crippen LogP contribution is -2.17. The lowest BCUT2D eigenvalue weighted by molar-refractivity contribution is 0.0955. The van der Waals surface area contributed by atoms with E-state index in [2.05, 4.69) is 10.5 Å². The molecular formula is C16H14N2O4. The number of carbonyl (C=O) groups is 1. The number of nitrogens with one attached hydrogen (secondary N) is 1. The minimum atomic E-state index is -0.281. The summed E-state index contributed by atoms with van der Waals surface area (Å²) in [5.41, 5.74) is 3.69. The zero-order valence-corrected chi connectivity index (χ0v) is 11.9. The van der Waals surface area contributed by atoms with Gasteiger partial charge in [0.15, 0.2) is 11.5 Å². The fourth-order valence-corrected chi connectivity index (χ4v) is 2.03. The molecule has 1 aliphatic heterocycles. The van der Waals surface area contributed by atoms with Crippen LogP contribution in [0, 0.1) is 0 Å². The molecule has 2 aromatic carbocycles. The average molecular weight is 298 g/mol. The number of hydrogen-bond acceptors (Lipinski definition) is 5. The highest BCUT2D eigenvalue weighted by Crippen LogP contribution is 2.37. The van der Waals surface area contributed by atoms with E-state index in [1.54, 1.807) is 43.5 Å². The van der Waals surface area contributed by atoms with Crippen molar-refractivity contribution in [1.29, 1.82) is 0 Å². The first-order valence-corrected chi connectivity index (χ1v) is 6.64. The largest absolute Gasteiger partial charge is 0.496 e. The number of ether oxygens (including phenoxy) is 3. The Labute approximate surface area is 127 Å². The second-order valence-electron chi connectivity index (χ2n) is 4.51. The maximum absolute atomic E-state index is 11.9. The van der Waals surface area contributed by atoms with Gasteiger partial charge >= 0.3 is 0 Å². The van der Waals surface area contributed by atoms with Crippen LogP contribution in [0.2, 0.25) is 0 Å². The lowest BCUT2D eigenvalue weighted by atomic mass is 10.2. The number of fused-ring (bicyclic) bond motifs is 1. The number of nitrogens with zero attached hydrogens (tertiary/aromatic N) is 1. The first kappa shape index (κ1) is 13.9. The van der Waals surface area contributed by atoms with Crippen molar-refractivity contribution in [3.05, 3.63) is 53.6 Å². The molecule has 1 N–H and O–H groups in total. The van der Waals surface area contributed by atoms with Crippen molar-refractivity contribution in [2.75, 3.05) is 13.9 Å². The first-order chi connectivity index (χ1) is 10.8. The van der Waals surface area contributed by atoms with Crippen molar-refractivity contribution in [2.45, 2.75) is 0 Å². The topological polar surface area (TPSA) is 69.2 Å². The third-order valence-electron chi connectivity index (χ3n) is 3.13. The van der Waals surface area contributed by atoms with E-state index < -0.39 is 0 Å². The Bertz CT molecular complexity index is 714. The van der Waals surface area contributed by atoms with E-state index in [1.165, 1.54) is 6.21 Å². The van der Waals surface area contributed by atoms with Gasteiger partial charge in [-0.05, 0) is 18.2 Å². The van der Waals surface area contributed by atoms with E-state index in [9.17, 15) is 4.79 Å². The Morgan fingerprint density at radius 2 is 1.95 bits per heavy atom. The van der Waals surface area contributed by atoms with E-state index in [-0.39, 0.29) is 12.7 Å². The minimum absolute atomic E-state index is 0.184. The zero-order chi connectivity index (χ0) is 15.4. The molecule has 1 aliphatic rings.